The summed E-state index contributed by atoms with van der Waals surface area (Å²) in [5.74, 6) is 1.27. The third kappa shape index (κ3) is 5.92. The number of aliphatic hydroxyl groups excluding tert-OH is 1. The molecular weight excluding hydrogens is 661 g/mol. The maximum absolute atomic E-state index is 14.2. The van der Waals surface area contributed by atoms with Gasteiger partial charge in [0.2, 0.25) is 5.91 Å². The van der Waals surface area contributed by atoms with Crippen molar-refractivity contribution >= 4 is 23.2 Å². The molecule has 0 aliphatic heterocycles. The fourth-order valence-electron chi connectivity index (χ4n) is 13.6. The van der Waals surface area contributed by atoms with Gasteiger partial charge in [-0.15, -0.1) is 0 Å². The van der Waals surface area contributed by atoms with Crippen LogP contribution in [0.25, 0.3) is 5.57 Å². The average molecular weight is 727 g/mol. The van der Waals surface area contributed by atoms with E-state index in [4.69, 9.17) is 0 Å². The number of fused-ring (bicyclic) bond motifs is 7. The Hall–Kier alpha value is -2.77. The van der Waals surface area contributed by atoms with Crippen molar-refractivity contribution in [3.63, 3.8) is 0 Å². The second-order valence-electron chi connectivity index (χ2n) is 20.3. The quantitative estimate of drug-likeness (QED) is 0.251. The van der Waals surface area contributed by atoms with Crippen molar-refractivity contribution in [1.29, 1.82) is 0 Å². The molecule has 1 aromatic rings. The van der Waals surface area contributed by atoms with E-state index in [1.54, 1.807) is 12.1 Å². The minimum absolute atomic E-state index is 0.0115. The van der Waals surface area contributed by atoms with Crippen molar-refractivity contribution in [1.82, 2.24) is 9.80 Å². The van der Waals surface area contributed by atoms with Crippen LogP contribution in [0.1, 0.15) is 129 Å². The summed E-state index contributed by atoms with van der Waals surface area (Å²) < 4.78 is 0. The van der Waals surface area contributed by atoms with Crippen molar-refractivity contribution in [3.05, 3.63) is 52.6 Å². The molecule has 1 amide bonds. The number of amides is 1. The summed E-state index contributed by atoms with van der Waals surface area (Å²) in [4.78, 5) is 43.2. The third-order valence-corrected chi connectivity index (χ3v) is 16.5. The predicted octanol–water partition coefficient (Wildman–Crippen LogP) is 8.52. The molecule has 53 heavy (non-hydrogen) atoms. The van der Waals surface area contributed by atoms with Gasteiger partial charge in [-0.2, -0.15) is 0 Å². The van der Waals surface area contributed by atoms with Crippen LogP contribution < -0.4 is 0 Å². The molecule has 8 atom stereocenters. The number of rotatable bonds is 10. The second kappa shape index (κ2) is 13.2. The summed E-state index contributed by atoms with van der Waals surface area (Å²) in [5, 5.41) is 22.0. The number of Topliss-reactive ketones (excluding diaryl/α,β-unsaturated/α-hetero) is 1. The normalized spacial score (nSPS) is 36.7. The number of hydrogen-bond acceptors (Lipinski definition) is 5. The number of allylic oxidation sites excluding steroid dienone is 3. The zero-order valence-corrected chi connectivity index (χ0v) is 34.1. The van der Waals surface area contributed by atoms with Gasteiger partial charge < -0.3 is 20.0 Å². The Morgan fingerprint density at radius 2 is 1.57 bits per heavy atom. The van der Waals surface area contributed by atoms with Crippen LogP contribution in [-0.2, 0) is 9.59 Å². The molecule has 6 aliphatic rings. The molecule has 0 saturated heterocycles. The van der Waals surface area contributed by atoms with Crippen LogP contribution in [0, 0.1) is 56.7 Å². The van der Waals surface area contributed by atoms with Gasteiger partial charge in [-0.1, -0.05) is 72.2 Å². The number of carbonyl (C=O) groups excluding carboxylic acids is 2. The van der Waals surface area contributed by atoms with E-state index in [0.717, 1.165) is 68.9 Å². The van der Waals surface area contributed by atoms with E-state index in [9.17, 15) is 24.6 Å². The molecule has 6 aliphatic carbocycles. The molecule has 0 heterocycles. The Balaban J connectivity index is 1.22. The van der Waals surface area contributed by atoms with E-state index in [0.29, 0.717) is 49.4 Å². The number of nitrogens with zero attached hydrogens (tertiary/aromatic N) is 2. The van der Waals surface area contributed by atoms with Gasteiger partial charge in [0.15, 0.2) is 5.78 Å². The zero-order chi connectivity index (χ0) is 38.5. The Morgan fingerprint density at radius 3 is 2.17 bits per heavy atom. The topological polar surface area (TPSA) is 98.2 Å². The summed E-state index contributed by atoms with van der Waals surface area (Å²) in [5.41, 5.74) is 4.55. The molecule has 0 radical (unpaired) electrons. The maximum Gasteiger partial charge on any atom is 0.335 e. The fourth-order valence-corrected chi connectivity index (χ4v) is 13.6. The first-order valence-corrected chi connectivity index (χ1v) is 20.7. The van der Waals surface area contributed by atoms with Crippen molar-refractivity contribution in [2.75, 3.05) is 33.7 Å². The molecule has 2 N–H and O–H groups in total. The number of aromatic carboxylic acids is 1. The van der Waals surface area contributed by atoms with Crippen LogP contribution in [0.3, 0.4) is 0 Å². The van der Waals surface area contributed by atoms with E-state index in [-0.39, 0.29) is 45.2 Å². The van der Waals surface area contributed by atoms with Gasteiger partial charge in [-0.3, -0.25) is 9.59 Å². The lowest BCUT2D eigenvalue weighted by Gasteiger charge is -2.71. The number of carboxylic acid groups (broad SMARTS) is 1. The lowest BCUT2D eigenvalue weighted by molar-refractivity contribution is -0.200. The van der Waals surface area contributed by atoms with Crippen LogP contribution in [0.15, 0.2) is 41.5 Å². The molecule has 290 valence electrons. The van der Waals surface area contributed by atoms with E-state index in [1.807, 2.05) is 36.0 Å². The van der Waals surface area contributed by atoms with E-state index in [1.165, 1.54) is 11.1 Å². The van der Waals surface area contributed by atoms with E-state index < -0.39 is 17.5 Å². The standard InChI is InChI=1S/C46H66N2O5/c1-28(2)39-34(49)24-46(37(50)26-48(25-29-10-11-29)38(51)27-47(8)9)23-22-44(6)33(40(39)46)16-17-36-43(5)20-18-32(30-12-14-31(15-13-30)41(52)53)42(3,4)35(43)19-21-45(36,44)7/h12-15,18,28-29,33,35-37,50H,10-11,16-17,19-27H2,1-9H3,(H,52,53)/t33-,35+,36-,37+,43+,44-,45-,46+/m1/s1. The summed E-state index contributed by atoms with van der Waals surface area (Å²) in [6, 6.07) is 7.47. The second-order valence-corrected chi connectivity index (χ2v) is 20.3. The summed E-state index contributed by atoms with van der Waals surface area (Å²) in [6.45, 7) is 18.2. The predicted molar refractivity (Wildman–Crippen MR) is 210 cm³/mol. The highest BCUT2D eigenvalue weighted by Crippen LogP contribution is 2.77. The monoisotopic (exact) mass is 726 g/mol. The molecule has 0 aromatic heterocycles. The molecule has 1 aromatic carbocycles. The number of carboxylic acids is 1. The average Bonchev–Trinajstić information content (AvgIpc) is 3.83. The van der Waals surface area contributed by atoms with E-state index >= 15 is 0 Å². The van der Waals surface area contributed by atoms with Crippen LogP contribution >= 0.6 is 0 Å². The Labute approximate surface area is 318 Å². The number of aliphatic hydroxyl groups is 1. The van der Waals surface area contributed by atoms with Crippen molar-refractivity contribution < 1.29 is 24.6 Å². The van der Waals surface area contributed by atoms with Crippen molar-refractivity contribution in [2.45, 2.75) is 119 Å². The first-order chi connectivity index (χ1) is 24.8. The summed E-state index contributed by atoms with van der Waals surface area (Å²) in [7, 11) is 3.84. The molecule has 4 saturated carbocycles. The molecule has 7 heteroatoms. The number of ketones is 1. The first kappa shape index (κ1) is 38.5. The number of hydrogen-bond donors (Lipinski definition) is 2. The van der Waals surface area contributed by atoms with Gasteiger partial charge in [0.1, 0.15) is 0 Å². The van der Waals surface area contributed by atoms with Crippen LogP contribution in [0.2, 0.25) is 0 Å². The Bertz CT molecular complexity index is 1720. The van der Waals surface area contributed by atoms with E-state index in [2.05, 4.69) is 54.5 Å². The van der Waals surface area contributed by atoms with Crippen molar-refractivity contribution in [2.24, 2.45) is 56.7 Å². The number of likely N-dealkylation sites (N-methyl/N-ethyl adjacent to an activating group) is 1. The number of benzene rings is 1. The van der Waals surface area contributed by atoms with Gasteiger partial charge in [-0.05, 0) is 152 Å². The molecule has 0 unspecified atom stereocenters. The first-order valence-electron chi connectivity index (χ1n) is 20.7. The minimum Gasteiger partial charge on any atom is -0.478 e. The minimum atomic E-state index is -0.893. The largest absolute Gasteiger partial charge is 0.478 e. The third-order valence-electron chi connectivity index (χ3n) is 16.5. The SMILES string of the molecule is CC(C)C1=C2[C@H]3CC[C@@H]4[C@@]5(C)CC=C(c6ccc(C(=O)O)cc6)C(C)(C)[C@@H]5CC[C@@]4(C)[C@]3(C)CC[C@@]2([C@@H](O)CN(CC2CC2)C(=O)CN(C)C)CC1=O. The van der Waals surface area contributed by atoms with Gasteiger partial charge in [0, 0.05) is 24.9 Å². The highest BCUT2D eigenvalue weighted by molar-refractivity contribution is 6.01. The van der Waals surface area contributed by atoms with Crippen molar-refractivity contribution in [3.8, 4) is 0 Å². The fraction of sp³-hybridized carbons (Fsp3) is 0.717. The van der Waals surface area contributed by atoms with Crippen LogP contribution in [0.4, 0.5) is 0 Å². The lowest BCUT2D eigenvalue weighted by Crippen LogP contribution is -2.64. The Morgan fingerprint density at radius 1 is 0.887 bits per heavy atom. The lowest BCUT2D eigenvalue weighted by atomic mass is 9.33. The number of carbonyl (C=O) groups is 3. The Kier molecular flexibility index (Phi) is 9.57. The van der Waals surface area contributed by atoms with Gasteiger partial charge >= 0.3 is 5.97 Å². The highest BCUT2D eigenvalue weighted by Gasteiger charge is 2.70. The summed E-state index contributed by atoms with van der Waals surface area (Å²) >= 11 is 0. The zero-order valence-electron chi connectivity index (χ0n) is 34.1. The van der Waals surface area contributed by atoms with Gasteiger partial charge in [0.25, 0.3) is 0 Å². The summed E-state index contributed by atoms with van der Waals surface area (Å²) in [6.07, 6.45) is 11.6. The molecule has 7 nitrogen and oxygen atoms in total. The molecule has 0 spiro atoms. The molecule has 4 fully saturated rings. The maximum atomic E-state index is 14.2. The molecule has 7 rings (SSSR count). The van der Waals surface area contributed by atoms with Crippen LogP contribution in [-0.4, -0.2) is 77.5 Å². The van der Waals surface area contributed by atoms with Gasteiger partial charge in [-0.25, -0.2) is 4.79 Å². The molecular formula is C46H66N2O5. The van der Waals surface area contributed by atoms with Crippen LogP contribution in [0.5, 0.6) is 0 Å². The van der Waals surface area contributed by atoms with Gasteiger partial charge in [0.05, 0.1) is 18.2 Å². The smallest absolute Gasteiger partial charge is 0.335 e. The molecule has 0 bridgehead atoms. The highest BCUT2D eigenvalue weighted by atomic mass is 16.4.